The summed E-state index contributed by atoms with van der Waals surface area (Å²) < 4.78 is 27.6. The van der Waals surface area contributed by atoms with Crippen LogP contribution in [-0.4, -0.2) is 31.9 Å². The zero-order valence-corrected chi connectivity index (χ0v) is 13.6. The fraction of sp³-hybridized carbons (Fsp3) is 0.412. The molecule has 2 atom stereocenters. The molecule has 1 aliphatic heterocycles. The quantitative estimate of drug-likeness (QED) is 0.946. The monoisotopic (exact) mass is 318 g/mol. The van der Waals surface area contributed by atoms with Crippen molar-refractivity contribution in [2.75, 3.05) is 13.1 Å². The van der Waals surface area contributed by atoms with Gasteiger partial charge in [0.1, 0.15) is 0 Å². The van der Waals surface area contributed by atoms with E-state index in [0.29, 0.717) is 23.9 Å². The van der Waals surface area contributed by atoms with Crippen molar-refractivity contribution in [1.29, 1.82) is 0 Å². The summed E-state index contributed by atoms with van der Waals surface area (Å²) in [7, 11) is -3.49. The van der Waals surface area contributed by atoms with Crippen LogP contribution in [0.15, 0.2) is 47.4 Å². The standard InChI is InChI=1S/C17H22N2O2S/c1-13-5-4-10-19(17(13)12-18)22(20,21)16-9-8-14-6-2-3-7-15(14)11-16/h2-3,6-9,11,13,17H,4-5,10,12,18H2,1H3. The van der Waals surface area contributed by atoms with Gasteiger partial charge in [-0.3, -0.25) is 0 Å². The van der Waals surface area contributed by atoms with E-state index in [9.17, 15) is 8.42 Å². The largest absolute Gasteiger partial charge is 0.329 e. The third-order valence-electron chi connectivity index (χ3n) is 4.63. The molecule has 1 saturated heterocycles. The maximum absolute atomic E-state index is 13.0. The second-order valence-corrected chi connectivity index (χ2v) is 7.94. The average molecular weight is 318 g/mol. The summed E-state index contributed by atoms with van der Waals surface area (Å²) in [6.45, 7) is 3.01. The lowest BCUT2D eigenvalue weighted by Crippen LogP contribution is -2.51. The van der Waals surface area contributed by atoms with Crippen molar-refractivity contribution in [3.63, 3.8) is 0 Å². The van der Waals surface area contributed by atoms with Crippen LogP contribution in [0.2, 0.25) is 0 Å². The summed E-state index contributed by atoms with van der Waals surface area (Å²) in [5.41, 5.74) is 5.84. The van der Waals surface area contributed by atoms with E-state index in [1.807, 2.05) is 30.3 Å². The Balaban J connectivity index is 2.03. The molecule has 5 heteroatoms. The lowest BCUT2D eigenvalue weighted by molar-refractivity contribution is 0.192. The number of sulfonamides is 1. The molecule has 0 bridgehead atoms. The highest BCUT2D eigenvalue weighted by atomic mass is 32.2. The van der Waals surface area contributed by atoms with Gasteiger partial charge in [0.2, 0.25) is 10.0 Å². The van der Waals surface area contributed by atoms with Gasteiger partial charge in [0.25, 0.3) is 0 Å². The fourth-order valence-corrected chi connectivity index (χ4v) is 5.13. The zero-order chi connectivity index (χ0) is 15.7. The maximum atomic E-state index is 13.0. The Morgan fingerprint density at radius 3 is 2.64 bits per heavy atom. The Labute approximate surface area is 132 Å². The van der Waals surface area contributed by atoms with Gasteiger partial charge in [-0.15, -0.1) is 0 Å². The van der Waals surface area contributed by atoms with E-state index in [-0.39, 0.29) is 6.04 Å². The third kappa shape index (κ3) is 2.64. The molecule has 0 amide bonds. The third-order valence-corrected chi connectivity index (χ3v) is 6.55. The molecule has 0 aromatic heterocycles. The lowest BCUT2D eigenvalue weighted by atomic mass is 9.93. The number of hydrogen-bond acceptors (Lipinski definition) is 3. The van der Waals surface area contributed by atoms with Gasteiger partial charge < -0.3 is 5.73 Å². The van der Waals surface area contributed by atoms with Crippen LogP contribution >= 0.6 is 0 Å². The predicted molar refractivity (Wildman–Crippen MR) is 89.1 cm³/mol. The van der Waals surface area contributed by atoms with Gasteiger partial charge in [-0.05, 0) is 41.7 Å². The summed E-state index contributed by atoms with van der Waals surface area (Å²) in [5.74, 6) is 0.300. The van der Waals surface area contributed by atoms with E-state index in [0.717, 1.165) is 23.6 Å². The molecule has 0 aliphatic carbocycles. The van der Waals surface area contributed by atoms with Gasteiger partial charge in [0.15, 0.2) is 0 Å². The van der Waals surface area contributed by atoms with Crippen LogP contribution in [0.4, 0.5) is 0 Å². The van der Waals surface area contributed by atoms with Gasteiger partial charge in [-0.2, -0.15) is 4.31 Å². The van der Waals surface area contributed by atoms with Crippen LogP contribution in [0.5, 0.6) is 0 Å². The van der Waals surface area contributed by atoms with E-state index in [1.54, 1.807) is 16.4 Å². The Hall–Kier alpha value is -1.43. The smallest absolute Gasteiger partial charge is 0.243 e. The van der Waals surface area contributed by atoms with Crippen molar-refractivity contribution < 1.29 is 8.42 Å². The minimum Gasteiger partial charge on any atom is -0.329 e. The molecule has 2 unspecified atom stereocenters. The van der Waals surface area contributed by atoms with Crippen LogP contribution in [-0.2, 0) is 10.0 Å². The molecule has 118 valence electrons. The van der Waals surface area contributed by atoms with E-state index < -0.39 is 10.0 Å². The molecular formula is C17H22N2O2S. The van der Waals surface area contributed by atoms with Crippen LogP contribution in [0.3, 0.4) is 0 Å². The van der Waals surface area contributed by atoms with E-state index in [1.165, 1.54) is 0 Å². The topological polar surface area (TPSA) is 63.4 Å². The highest BCUT2D eigenvalue weighted by Crippen LogP contribution is 2.29. The molecule has 1 heterocycles. The van der Waals surface area contributed by atoms with Crippen LogP contribution < -0.4 is 5.73 Å². The van der Waals surface area contributed by atoms with Crippen molar-refractivity contribution in [2.24, 2.45) is 11.7 Å². The molecule has 0 spiro atoms. The summed E-state index contributed by atoms with van der Waals surface area (Å²) >= 11 is 0. The molecule has 1 fully saturated rings. The van der Waals surface area contributed by atoms with Gasteiger partial charge in [0.05, 0.1) is 4.90 Å². The predicted octanol–water partition coefficient (Wildman–Crippen LogP) is 2.59. The number of nitrogens with two attached hydrogens (primary N) is 1. The molecule has 2 N–H and O–H groups in total. The molecule has 1 aliphatic rings. The number of piperidine rings is 1. The normalized spacial score (nSPS) is 23.7. The van der Waals surface area contributed by atoms with E-state index >= 15 is 0 Å². The Morgan fingerprint density at radius 2 is 1.91 bits per heavy atom. The first-order valence-electron chi connectivity index (χ1n) is 7.75. The van der Waals surface area contributed by atoms with Gasteiger partial charge in [0, 0.05) is 19.1 Å². The average Bonchev–Trinajstić information content (AvgIpc) is 2.54. The summed E-state index contributed by atoms with van der Waals surface area (Å²) in [6, 6.07) is 13.0. The van der Waals surface area contributed by atoms with E-state index in [4.69, 9.17) is 5.73 Å². The van der Waals surface area contributed by atoms with Gasteiger partial charge in [-0.1, -0.05) is 37.3 Å². The van der Waals surface area contributed by atoms with Crippen LogP contribution in [0.1, 0.15) is 19.8 Å². The Kier molecular flexibility index (Phi) is 4.21. The highest BCUT2D eigenvalue weighted by molar-refractivity contribution is 7.89. The van der Waals surface area contributed by atoms with Crippen LogP contribution in [0, 0.1) is 5.92 Å². The highest BCUT2D eigenvalue weighted by Gasteiger charge is 2.36. The Morgan fingerprint density at radius 1 is 1.18 bits per heavy atom. The summed E-state index contributed by atoms with van der Waals surface area (Å²) in [5, 5.41) is 1.99. The summed E-state index contributed by atoms with van der Waals surface area (Å²) in [6.07, 6.45) is 1.93. The second kappa shape index (κ2) is 5.99. The van der Waals surface area contributed by atoms with Gasteiger partial charge in [-0.25, -0.2) is 8.42 Å². The number of nitrogens with zero attached hydrogens (tertiary/aromatic N) is 1. The van der Waals surface area contributed by atoms with Crippen molar-refractivity contribution in [2.45, 2.75) is 30.7 Å². The SMILES string of the molecule is CC1CCCN(S(=O)(=O)c2ccc3ccccc3c2)C1CN. The van der Waals surface area contributed by atoms with Crippen molar-refractivity contribution in [3.8, 4) is 0 Å². The lowest BCUT2D eigenvalue weighted by Gasteiger charge is -2.38. The van der Waals surface area contributed by atoms with Crippen molar-refractivity contribution in [3.05, 3.63) is 42.5 Å². The molecule has 2 aromatic rings. The first-order chi connectivity index (χ1) is 10.5. The first kappa shape index (κ1) is 15.5. The fourth-order valence-electron chi connectivity index (χ4n) is 3.32. The maximum Gasteiger partial charge on any atom is 0.243 e. The minimum absolute atomic E-state index is 0.106. The molecule has 0 saturated carbocycles. The van der Waals surface area contributed by atoms with Gasteiger partial charge >= 0.3 is 0 Å². The van der Waals surface area contributed by atoms with Crippen molar-refractivity contribution >= 4 is 20.8 Å². The van der Waals surface area contributed by atoms with E-state index in [2.05, 4.69) is 6.92 Å². The minimum atomic E-state index is -3.49. The molecular weight excluding hydrogens is 296 g/mol. The van der Waals surface area contributed by atoms with Crippen LogP contribution in [0.25, 0.3) is 10.8 Å². The molecule has 22 heavy (non-hydrogen) atoms. The number of benzene rings is 2. The number of hydrogen-bond donors (Lipinski definition) is 1. The molecule has 3 rings (SSSR count). The number of rotatable bonds is 3. The molecule has 2 aromatic carbocycles. The molecule has 0 radical (unpaired) electrons. The second-order valence-electron chi connectivity index (χ2n) is 6.05. The zero-order valence-electron chi connectivity index (χ0n) is 12.8. The number of fused-ring (bicyclic) bond motifs is 1. The Bertz CT molecular complexity index is 773. The first-order valence-corrected chi connectivity index (χ1v) is 9.19. The summed E-state index contributed by atoms with van der Waals surface area (Å²) in [4.78, 5) is 0.360. The van der Waals surface area contributed by atoms with Crippen molar-refractivity contribution in [1.82, 2.24) is 4.31 Å². The molecule has 4 nitrogen and oxygen atoms in total.